The van der Waals surface area contributed by atoms with Crippen LogP contribution in [0.4, 0.5) is 4.39 Å². The van der Waals surface area contributed by atoms with Crippen LogP contribution < -0.4 is 0 Å². The van der Waals surface area contributed by atoms with Gasteiger partial charge in [0.05, 0.1) is 0 Å². The zero-order valence-corrected chi connectivity index (χ0v) is 9.48. The number of nitrogens with zero attached hydrogens (tertiary/aromatic N) is 2. The van der Waals surface area contributed by atoms with Gasteiger partial charge in [-0.1, -0.05) is 12.1 Å². The molecule has 0 atom stereocenters. The highest BCUT2D eigenvalue weighted by molar-refractivity contribution is 9.11. The normalized spacial score (nSPS) is 10.4. The first-order valence-corrected chi connectivity index (χ1v) is 5.53. The quantitative estimate of drug-likeness (QED) is 0.840. The summed E-state index contributed by atoms with van der Waals surface area (Å²) in [6.07, 6.45) is 0.569. The van der Waals surface area contributed by atoms with E-state index in [0.717, 1.165) is 9.48 Å². The molecule has 0 radical (unpaired) electrons. The van der Waals surface area contributed by atoms with Crippen LogP contribution in [0.2, 0.25) is 0 Å². The highest BCUT2D eigenvalue weighted by Gasteiger charge is 2.03. The highest BCUT2D eigenvalue weighted by atomic mass is 79.9. The lowest BCUT2D eigenvalue weighted by Gasteiger charge is -1.96. The Bertz CT molecular complexity index is 444. The Kier molecular flexibility index (Phi) is 2.88. The van der Waals surface area contributed by atoms with E-state index in [2.05, 4.69) is 25.3 Å². The molecule has 1 heterocycles. The molecule has 1 aromatic heterocycles. The van der Waals surface area contributed by atoms with Crippen LogP contribution in [-0.4, -0.2) is 9.36 Å². The van der Waals surface area contributed by atoms with Crippen molar-refractivity contribution < 1.29 is 4.39 Å². The summed E-state index contributed by atoms with van der Waals surface area (Å²) in [5, 5.41) is 0. The summed E-state index contributed by atoms with van der Waals surface area (Å²) in [7, 11) is 0. The van der Waals surface area contributed by atoms with Gasteiger partial charge in [0, 0.05) is 6.42 Å². The number of benzene rings is 1. The van der Waals surface area contributed by atoms with E-state index >= 15 is 0 Å². The van der Waals surface area contributed by atoms with Crippen molar-refractivity contribution in [3.05, 3.63) is 45.4 Å². The first-order valence-electron chi connectivity index (χ1n) is 3.96. The Hall–Kier alpha value is -0.810. The molecule has 5 heteroatoms. The van der Waals surface area contributed by atoms with E-state index in [1.54, 1.807) is 6.07 Å². The number of hydrogen-bond donors (Lipinski definition) is 0. The Balaban J connectivity index is 2.18. The standard InChI is InChI=1S/C9H6BrFN2S/c10-9-12-8(13-14-9)5-6-2-1-3-7(11)4-6/h1-4H,5H2. The summed E-state index contributed by atoms with van der Waals surface area (Å²) in [6.45, 7) is 0. The zero-order valence-electron chi connectivity index (χ0n) is 7.08. The minimum atomic E-state index is -0.225. The Labute approximate surface area is 93.1 Å². The smallest absolute Gasteiger partial charge is 0.179 e. The molecule has 0 saturated carbocycles. The molecule has 0 saturated heterocycles. The molecule has 72 valence electrons. The second-order valence-corrected chi connectivity index (χ2v) is 4.80. The van der Waals surface area contributed by atoms with Crippen LogP contribution in [0.3, 0.4) is 0 Å². The maximum absolute atomic E-state index is 12.8. The molecule has 0 spiro atoms. The van der Waals surface area contributed by atoms with Gasteiger partial charge in [0.15, 0.2) is 3.92 Å². The third-order valence-corrected chi connectivity index (χ3v) is 2.85. The maximum Gasteiger partial charge on any atom is 0.179 e. The van der Waals surface area contributed by atoms with E-state index in [4.69, 9.17) is 0 Å². The molecule has 1 aromatic carbocycles. The Morgan fingerprint density at radius 2 is 2.29 bits per heavy atom. The van der Waals surface area contributed by atoms with Crippen molar-refractivity contribution in [2.24, 2.45) is 0 Å². The largest absolute Gasteiger partial charge is 0.212 e. The van der Waals surface area contributed by atoms with Crippen LogP contribution in [0.25, 0.3) is 0 Å². The van der Waals surface area contributed by atoms with Crippen molar-refractivity contribution in [1.82, 2.24) is 9.36 Å². The molecular formula is C9H6BrFN2S. The van der Waals surface area contributed by atoms with Crippen molar-refractivity contribution >= 4 is 27.5 Å². The molecule has 0 aliphatic rings. The molecule has 0 bridgehead atoms. The van der Waals surface area contributed by atoms with Gasteiger partial charge in [0.2, 0.25) is 0 Å². The average Bonchev–Trinajstić information content (AvgIpc) is 2.51. The topological polar surface area (TPSA) is 25.8 Å². The van der Waals surface area contributed by atoms with Gasteiger partial charge in [0.1, 0.15) is 11.6 Å². The summed E-state index contributed by atoms with van der Waals surface area (Å²) < 4.78 is 17.7. The summed E-state index contributed by atoms with van der Waals surface area (Å²) in [6, 6.07) is 6.47. The van der Waals surface area contributed by atoms with Gasteiger partial charge in [-0.2, -0.15) is 4.37 Å². The molecule has 2 nitrogen and oxygen atoms in total. The SMILES string of the molecule is Fc1cccc(Cc2nsc(Br)n2)c1. The van der Waals surface area contributed by atoms with E-state index in [1.807, 2.05) is 6.07 Å². The molecule has 0 aliphatic heterocycles. The molecule has 0 fully saturated rings. The van der Waals surface area contributed by atoms with Crippen LogP contribution in [-0.2, 0) is 6.42 Å². The Morgan fingerprint density at radius 3 is 2.93 bits per heavy atom. The number of aromatic nitrogens is 2. The van der Waals surface area contributed by atoms with E-state index in [-0.39, 0.29) is 5.82 Å². The van der Waals surface area contributed by atoms with Gasteiger partial charge < -0.3 is 0 Å². The fourth-order valence-electron chi connectivity index (χ4n) is 1.13. The van der Waals surface area contributed by atoms with E-state index in [1.165, 1.54) is 23.7 Å². The fourth-order valence-corrected chi connectivity index (χ4v) is 1.99. The number of halogens is 2. The van der Waals surface area contributed by atoms with Crippen molar-refractivity contribution in [3.63, 3.8) is 0 Å². The second-order valence-electron chi connectivity index (χ2n) is 2.77. The van der Waals surface area contributed by atoms with Crippen LogP contribution in [0.5, 0.6) is 0 Å². The third kappa shape index (κ3) is 2.36. The van der Waals surface area contributed by atoms with E-state index < -0.39 is 0 Å². The van der Waals surface area contributed by atoms with Gasteiger partial charge in [-0.15, -0.1) is 0 Å². The predicted molar refractivity (Wildman–Crippen MR) is 56.8 cm³/mol. The van der Waals surface area contributed by atoms with Gasteiger partial charge in [0.25, 0.3) is 0 Å². The molecule has 0 amide bonds. The van der Waals surface area contributed by atoms with E-state index in [9.17, 15) is 4.39 Å². The lowest BCUT2D eigenvalue weighted by Crippen LogP contribution is -1.90. The summed E-state index contributed by atoms with van der Waals surface area (Å²) in [5.41, 5.74) is 0.885. The van der Waals surface area contributed by atoms with Gasteiger partial charge >= 0.3 is 0 Å². The van der Waals surface area contributed by atoms with Gasteiger partial charge in [-0.05, 0) is 45.2 Å². The summed E-state index contributed by atoms with van der Waals surface area (Å²) in [5.74, 6) is 0.490. The second kappa shape index (κ2) is 4.14. The van der Waals surface area contributed by atoms with Crippen molar-refractivity contribution in [2.45, 2.75) is 6.42 Å². The van der Waals surface area contributed by atoms with Crippen molar-refractivity contribution in [3.8, 4) is 0 Å². The molecule has 0 N–H and O–H groups in total. The van der Waals surface area contributed by atoms with Gasteiger partial charge in [-0.25, -0.2) is 9.37 Å². The van der Waals surface area contributed by atoms with Gasteiger partial charge in [-0.3, -0.25) is 0 Å². The summed E-state index contributed by atoms with van der Waals surface area (Å²) >= 11 is 4.52. The van der Waals surface area contributed by atoms with Crippen LogP contribution in [0.1, 0.15) is 11.4 Å². The predicted octanol–water partition coefficient (Wildman–Crippen LogP) is 3.03. The first-order chi connectivity index (χ1) is 6.74. The highest BCUT2D eigenvalue weighted by Crippen LogP contribution is 2.15. The minimum Gasteiger partial charge on any atom is -0.212 e. The van der Waals surface area contributed by atoms with Crippen LogP contribution in [0, 0.1) is 5.82 Å². The third-order valence-electron chi connectivity index (χ3n) is 1.69. The first kappa shape index (κ1) is 9.73. The van der Waals surface area contributed by atoms with E-state index in [0.29, 0.717) is 12.2 Å². The Morgan fingerprint density at radius 1 is 1.43 bits per heavy atom. The maximum atomic E-state index is 12.8. The fraction of sp³-hybridized carbons (Fsp3) is 0.111. The number of rotatable bonds is 2. The molecule has 14 heavy (non-hydrogen) atoms. The molecular weight excluding hydrogens is 267 g/mol. The monoisotopic (exact) mass is 272 g/mol. The minimum absolute atomic E-state index is 0.225. The number of hydrogen-bond acceptors (Lipinski definition) is 3. The van der Waals surface area contributed by atoms with Crippen molar-refractivity contribution in [1.29, 1.82) is 0 Å². The zero-order chi connectivity index (χ0) is 9.97. The molecule has 0 aliphatic carbocycles. The van der Waals surface area contributed by atoms with Crippen LogP contribution in [0.15, 0.2) is 28.2 Å². The van der Waals surface area contributed by atoms with Crippen LogP contribution >= 0.6 is 27.5 Å². The molecule has 0 unspecified atom stereocenters. The average molecular weight is 273 g/mol. The molecule has 2 aromatic rings. The van der Waals surface area contributed by atoms with Crippen molar-refractivity contribution in [2.75, 3.05) is 0 Å². The summed E-state index contributed by atoms with van der Waals surface area (Å²) in [4.78, 5) is 4.14. The molecule has 2 rings (SSSR count). The lowest BCUT2D eigenvalue weighted by atomic mass is 10.1. The lowest BCUT2D eigenvalue weighted by molar-refractivity contribution is 0.626.